The highest BCUT2D eigenvalue weighted by atomic mass is 32.2. The van der Waals surface area contributed by atoms with E-state index in [1.807, 2.05) is 36.6 Å². The molecule has 0 spiro atoms. The van der Waals surface area contributed by atoms with Crippen molar-refractivity contribution in [3.63, 3.8) is 0 Å². The fourth-order valence-corrected chi connectivity index (χ4v) is 1.88. The number of hydrogen-bond donors (Lipinski definition) is 1. The third kappa shape index (κ3) is 1.94. The van der Waals surface area contributed by atoms with Crippen LogP contribution in [-0.2, 0) is 0 Å². The lowest BCUT2D eigenvalue weighted by Crippen LogP contribution is -1.85. The van der Waals surface area contributed by atoms with Gasteiger partial charge >= 0.3 is 0 Å². The molecule has 0 aliphatic carbocycles. The van der Waals surface area contributed by atoms with Crippen LogP contribution < -0.4 is 0 Å². The van der Waals surface area contributed by atoms with Gasteiger partial charge in [-0.1, -0.05) is 40.6 Å². The molecule has 0 bridgehead atoms. The molecule has 1 N–H and O–H groups in total. The number of benzene rings is 1. The van der Waals surface area contributed by atoms with E-state index in [2.05, 4.69) is 10.3 Å². The summed E-state index contributed by atoms with van der Waals surface area (Å²) >= 11 is 1.44. The summed E-state index contributed by atoms with van der Waals surface area (Å²) in [6.45, 7) is 0. The van der Waals surface area contributed by atoms with Crippen LogP contribution in [0.5, 0.6) is 0 Å². The SMILES string of the molecule is CSc1noc(-c2ccccc2)c1/C=N\O. The highest BCUT2D eigenvalue weighted by molar-refractivity contribution is 7.98. The zero-order chi connectivity index (χ0) is 11.4. The molecule has 1 aromatic heterocycles. The predicted molar refractivity (Wildman–Crippen MR) is 63.1 cm³/mol. The second-order valence-electron chi connectivity index (χ2n) is 3.05. The predicted octanol–water partition coefficient (Wildman–Crippen LogP) is 2.87. The number of aromatic nitrogens is 1. The first-order chi connectivity index (χ1) is 7.86. The number of oxime groups is 1. The zero-order valence-corrected chi connectivity index (χ0v) is 9.44. The van der Waals surface area contributed by atoms with Gasteiger partial charge < -0.3 is 9.73 Å². The van der Waals surface area contributed by atoms with E-state index in [-0.39, 0.29) is 0 Å². The van der Waals surface area contributed by atoms with Crippen molar-refractivity contribution in [2.24, 2.45) is 5.16 Å². The van der Waals surface area contributed by atoms with Gasteiger partial charge in [0.05, 0.1) is 11.8 Å². The van der Waals surface area contributed by atoms with Crippen LogP contribution in [0.3, 0.4) is 0 Å². The molecule has 82 valence electrons. The lowest BCUT2D eigenvalue weighted by molar-refractivity contribution is 0.321. The van der Waals surface area contributed by atoms with E-state index in [1.54, 1.807) is 0 Å². The molecule has 5 heteroatoms. The Balaban J connectivity index is 2.53. The number of thioether (sulfide) groups is 1. The summed E-state index contributed by atoms with van der Waals surface area (Å²) < 4.78 is 5.25. The Hall–Kier alpha value is -1.75. The van der Waals surface area contributed by atoms with Crippen LogP contribution in [0.25, 0.3) is 11.3 Å². The molecule has 0 saturated carbocycles. The maximum atomic E-state index is 8.62. The van der Waals surface area contributed by atoms with Crippen molar-refractivity contribution >= 4 is 18.0 Å². The van der Waals surface area contributed by atoms with Gasteiger partial charge in [0.25, 0.3) is 0 Å². The number of nitrogens with zero attached hydrogens (tertiary/aromatic N) is 2. The normalized spacial score (nSPS) is 11.1. The molecule has 0 aliphatic rings. The largest absolute Gasteiger partial charge is 0.411 e. The standard InChI is InChI=1S/C11H10N2O2S/c1-16-11-9(7-12-14)10(15-13-11)8-5-3-2-4-6-8/h2-7,14H,1H3/b12-7-. The first-order valence-electron chi connectivity index (χ1n) is 4.63. The van der Waals surface area contributed by atoms with Crippen molar-refractivity contribution in [1.29, 1.82) is 0 Å². The minimum absolute atomic E-state index is 0.614. The highest BCUT2D eigenvalue weighted by Gasteiger charge is 2.15. The zero-order valence-electron chi connectivity index (χ0n) is 8.62. The average Bonchev–Trinajstić information content (AvgIpc) is 2.74. The Morgan fingerprint density at radius 3 is 2.75 bits per heavy atom. The van der Waals surface area contributed by atoms with Crippen LogP contribution in [0.4, 0.5) is 0 Å². The maximum absolute atomic E-state index is 8.62. The van der Waals surface area contributed by atoms with Gasteiger partial charge in [-0.05, 0) is 6.26 Å². The summed E-state index contributed by atoms with van der Waals surface area (Å²) in [5, 5.41) is 16.3. The Morgan fingerprint density at radius 2 is 2.12 bits per heavy atom. The summed E-state index contributed by atoms with van der Waals surface area (Å²) in [6, 6.07) is 9.58. The molecular weight excluding hydrogens is 224 g/mol. The molecule has 1 heterocycles. The van der Waals surface area contributed by atoms with Crippen LogP contribution in [0.15, 0.2) is 45.0 Å². The second-order valence-corrected chi connectivity index (χ2v) is 3.84. The summed E-state index contributed by atoms with van der Waals surface area (Å²) in [5.41, 5.74) is 1.60. The minimum Gasteiger partial charge on any atom is -0.411 e. The smallest absolute Gasteiger partial charge is 0.176 e. The Kier molecular flexibility index (Phi) is 3.26. The molecule has 0 saturated heterocycles. The summed E-state index contributed by atoms with van der Waals surface area (Å²) in [5.74, 6) is 0.614. The third-order valence-electron chi connectivity index (χ3n) is 2.11. The van der Waals surface area contributed by atoms with Gasteiger partial charge in [-0.25, -0.2) is 0 Å². The van der Waals surface area contributed by atoms with Gasteiger partial charge in [0.1, 0.15) is 5.03 Å². The highest BCUT2D eigenvalue weighted by Crippen LogP contribution is 2.29. The first kappa shape index (κ1) is 10.8. The van der Waals surface area contributed by atoms with Gasteiger partial charge in [0.15, 0.2) is 5.76 Å². The van der Waals surface area contributed by atoms with Crippen molar-refractivity contribution in [3.8, 4) is 11.3 Å². The fourth-order valence-electron chi connectivity index (χ4n) is 1.40. The minimum atomic E-state index is 0.614. The first-order valence-corrected chi connectivity index (χ1v) is 5.85. The lowest BCUT2D eigenvalue weighted by atomic mass is 10.1. The molecule has 2 rings (SSSR count). The van der Waals surface area contributed by atoms with Gasteiger partial charge in [-0.2, -0.15) is 0 Å². The third-order valence-corrected chi connectivity index (χ3v) is 2.79. The molecule has 0 radical (unpaired) electrons. The van der Waals surface area contributed by atoms with E-state index in [0.717, 1.165) is 5.56 Å². The average molecular weight is 234 g/mol. The van der Waals surface area contributed by atoms with E-state index >= 15 is 0 Å². The molecule has 0 fully saturated rings. The summed E-state index contributed by atoms with van der Waals surface area (Å²) in [7, 11) is 0. The van der Waals surface area contributed by atoms with E-state index in [4.69, 9.17) is 9.73 Å². The van der Waals surface area contributed by atoms with E-state index in [0.29, 0.717) is 16.3 Å². The summed E-state index contributed by atoms with van der Waals surface area (Å²) in [4.78, 5) is 0. The van der Waals surface area contributed by atoms with E-state index < -0.39 is 0 Å². The maximum Gasteiger partial charge on any atom is 0.176 e. The van der Waals surface area contributed by atoms with Crippen molar-refractivity contribution < 1.29 is 9.73 Å². The van der Waals surface area contributed by atoms with Crippen LogP contribution >= 0.6 is 11.8 Å². The number of rotatable bonds is 3. The van der Waals surface area contributed by atoms with Crippen molar-refractivity contribution in [1.82, 2.24) is 5.16 Å². The van der Waals surface area contributed by atoms with Crippen molar-refractivity contribution in [2.45, 2.75) is 5.03 Å². The molecule has 0 amide bonds. The van der Waals surface area contributed by atoms with Gasteiger partial charge in [0, 0.05) is 5.56 Å². The van der Waals surface area contributed by atoms with Crippen LogP contribution in [-0.4, -0.2) is 22.8 Å². The molecule has 4 nitrogen and oxygen atoms in total. The monoisotopic (exact) mass is 234 g/mol. The van der Waals surface area contributed by atoms with E-state index in [1.165, 1.54) is 18.0 Å². The Bertz CT molecular complexity index is 494. The summed E-state index contributed by atoms with van der Waals surface area (Å²) in [6.07, 6.45) is 3.23. The van der Waals surface area contributed by atoms with Crippen LogP contribution in [0.1, 0.15) is 5.56 Å². The quantitative estimate of drug-likeness (QED) is 0.384. The molecule has 1 aromatic carbocycles. The Labute approximate surface area is 97.0 Å². The topological polar surface area (TPSA) is 58.6 Å². The number of hydrogen-bond acceptors (Lipinski definition) is 5. The molecule has 2 aromatic rings. The molecule has 0 aliphatic heterocycles. The van der Waals surface area contributed by atoms with Crippen LogP contribution in [0, 0.1) is 0 Å². The fraction of sp³-hybridized carbons (Fsp3) is 0.0909. The van der Waals surface area contributed by atoms with Gasteiger partial charge in [-0.3, -0.25) is 0 Å². The van der Waals surface area contributed by atoms with E-state index in [9.17, 15) is 0 Å². The van der Waals surface area contributed by atoms with Gasteiger partial charge in [0.2, 0.25) is 0 Å². The van der Waals surface area contributed by atoms with Crippen LogP contribution in [0.2, 0.25) is 0 Å². The Morgan fingerprint density at radius 1 is 1.38 bits per heavy atom. The van der Waals surface area contributed by atoms with Crippen molar-refractivity contribution in [3.05, 3.63) is 35.9 Å². The lowest BCUT2D eigenvalue weighted by Gasteiger charge is -1.96. The molecular formula is C11H10N2O2S. The van der Waals surface area contributed by atoms with Crippen molar-refractivity contribution in [2.75, 3.05) is 6.26 Å². The second kappa shape index (κ2) is 4.85. The molecule has 0 unspecified atom stereocenters. The van der Waals surface area contributed by atoms with Gasteiger partial charge in [-0.15, -0.1) is 11.8 Å². The molecule has 16 heavy (non-hydrogen) atoms. The molecule has 0 atom stereocenters.